The van der Waals surface area contributed by atoms with Crippen molar-refractivity contribution < 1.29 is 53.8 Å². The number of aliphatic hydroxyl groups is 4. The highest BCUT2D eigenvalue weighted by Gasteiger charge is 2.53. The van der Waals surface area contributed by atoms with Crippen LogP contribution in [0.4, 0.5) is 5.82 Å². The molecule has 5 rings (SSSR count). The molecule has 2 saturated heterocycles. The number of ketones is 1. The van der Waals surface area contributed by atoms with Gasteiger partial charge in [0.1, 0.15) is 30.2 Å². The fourth-order valence-corrected chi connectivity index (χ4v) is 10.9. The summed E-state index contributed by atoms with van der Waals surface area (Å²) in [6.07, 6.45) is 18.0. The zero-order valence-corrected chi connectivity index (χ0v) is 42.7. The van der Waals surface area contributed by atoms with Crippen LogP contribution in [0.2, 0.25) is 0 Å². The van der Waals surface area contributed by atoms with Crippen LogP contribution < -0.4 is 5.32 Å². The highest BCUT2D eigenvalue weighted by atomic mass is 16.6. The molecule has 15 heteroatoms. The van der Waals surface area contributed by atoms with Gasteiger partial charge in [-0.1, -0.05) is 76.6 Å². The number of aromatic nitrogens is 2. The maximum absolute atomic E-state index is 14.5. The lowest BCUT2D eigenvalue weighted by Crippen LogP contribution is -2.63. The second-order valence-corrected chi connectivity index (χ2v) is 20.9. The van der Waals surface area contributed by atoms with Crippen molar-refractivity contribution in [3.05, 3.63) is 66.2 Å². The van der Waals surface area contributed by atoms with E-state index >= 15 is 0 Å². The van der Waals surface area contributed by atoms with E-state index in [2.05, 4.69) is 22.2 Å². The van der Waals surface area contributed by atoms with Crippen molar-refractivity contribution in [1.82, 2.24) is 14.9 Å². The van der Waals surface area contributed by atoms with Gasteiger partial charge < -0.3 is 49.6 Å². The molecule has 3 aliphatic heterocycles. The number of allylic oxidation sites excluding steroid dienone is 6. The molecule has 1 saturated carbocycles. The van der Waals surface area contributed by atoms with Gasteiger partial charge in [0.15, 0.2) is 11.9 Å². The molecule has 5 N–H and O–H groups in total. The highest BCUT2D eigenvalue weighted by Crippen LogP contribution is 2.39. The Hall–Kier alpha value is -3.83. The lowest BCUT2D eigenvalue weighted by molar-refractivity contribution is -0.315. The Balaban J connectivity index is 1.47. The molecule has 0 aromatic carbocycles. The molecule has 16 atom stereocenters. The summed E-state index contributed by atoms with van der Waals surface area (Å²) in [6, 6.07) is -1.31. The summed E-state index contributed by atoms with van der Waals surface area (Å²) in [5.41, 5.74) is 1.55. The molecule has 15 nitrogen and oxygen atoms in total. The lowest BCUT2D eigenvalue weighted by atomic mass is 9.78. The summed E-state index contributed by atoms with van der Waals surface area (Å²) in [4.78, 5) is 52.8. The number of anilines is 1. The number of esters is 1. The van der Waals surface area contributed by atoms with Gasteiger partial charge in [0.25, 0.3) is 5.91 Å². The number of methoxy groups -OCH3 is 2. The fourth-order valence-electron chi connectivity index (χ4n) is 10.9. The Morgan fingerprint density at radius 2 is 1.64 bits per heavy atom. The SMILES string of the molecule is COC1CC(C[C@@H](C)[C@@H]2CC[C@H](C)/C=C(\C)C(O)[C@@H](OC)C(=O)C(C)C[C@H](C)/C=C/C=C/C=C(\C)[C@@H](Nc3cnccn3)C[C@@H]3CCC(C)C(O)(O3)C(O)C(=O)N3CCCCC3C(=O)O2)CC[C@H]1O. The standard InChI is InChI=1S/C54H84N4O11/c1-33-15-11-10-12-16-35(3)42(57-47-32-55-24-25-56-47)31-41-21-19-39(7)54(65,69-41)51(62)52(63)58-26-14-13-17-43(58)53(64)68-45(36(4)29-40-20-22-44(59)46(30-40)66-8)23-18-34(2)28-38(6)49(61)50(67-9)48(60)37(5)27-33/h10-12,15-16,24-25,28,32-34,36-37,39-46,49-51,59,61-62,65H,13-14,17-23,26-27,29-31H2,1-9H3,(H,56,57)/b12-10+,15-11+,35-16+,38-28+/t33-,34+,36-,37?,39?,40?,41+,42+,43?,44-,45+,46?,49?,50+,51?,54?/m1/s1. The molecule has 8 unspecified atom stereocenters. The zero-order chi connectivity index (χ0) is 50.4. The number of carbonyl (C=O) groups excluding carboxylic acids is 3. The van der Waals surface area contributed by atoms with Crippen molar-refractivity contribution in [2.75, 3.05) is 26.1 Å². The van der Waals surface area contributed by atoms with Gasteiger partial charge in [-0.15, -0.1) is 0 Å². The van der Waals surface area contributed by atoms with Crippen molar-refractivity contribution in [3.8, 4) is 0 Å². The number of amides is 1. The van der Waals surface area contributed by atoms with Crippen LogP contribution in [0.1, 0.15) is 132 Å². The Morgan fingerprint density at radius 3 is 2.35 bits per heavy atom. The topological polar surface area (TPSA) is 210 Å². The minimum absolute atomic E-state index is 0.0511. The molecule has 69 heavy (non-hydrogen) atoms. The number of aliphatic hydroxyl groups excluding tert-OH is 3. The molecule has 2 bridgehead atoms. The lowest BCUT2D eigenvalue weighted by Gasteiger charge is -2.46. The predicted octanol–water partition coefficient (Wildman–Crippen LogP) is 7.05. The van der Waals surface area contributed by atoms with E-state index in [4.69, 9.17) is 18.9 Å². The smallest absolute Gasteiger partial charge is 0.329 e. The molecular weight excluding hydrogens is 881 g/mol. The maximum Gasteiger partial charge on any atom is 0.329 e. The first-order valence-electron chi connectivity index (χ1n) is 25.6. The number of hydrogen-bond acceptors (Lipinski definition) is 14. The van der Waals surface area contributed by atoms with Crippen LogP contribution in [0.25, 0.3) is 0 Å². The van der Waals surface area contributed by atoms with Crippen LogP contribution >= 0.6 is 0 Å². The van der Waals surface area contributed by atoms with Crippen molar-refractivity contribution in [2.24, 2.45) is 35.5 Å². The molecular formula is C54H84N4O11. The van der Waals surface area contributed by atoms with Crippen LogP contribution in [-0.2, 0) is 33.3 Å². The van der Waals surface area contributed by atoms with E-state index in [1.54, 1.807) is 39.5 Å². The average Bonchev–Trinajstić information content (AvgIpc) is 3.33. The van der Waals surface area contributed by atoms with Gasteiger partial charge in [-0.25, -0.2) is 9.78 Å². The third-order valence-electron chi connectivity index (χ3n) is 15.3. The normalized spacial score (nSPS) is 39.7. The average molecular weight is 965 g/mol. The first-order valence-corrected chi connectivity index (χ1v) is 25.6. The number of rotatable bonds is 7. The summed E-state index contributed by atoms with van der Waals surface area (Å²) < 4.78 is 24.2. The Bertz CT molecular complexity index is 1930. The number of hydrogen-bond donors (Lipinski definition) is 5. The van der Waals surface area contributed by atoms with E-state index in [1.165, 1.54) is 12.0 Å². The number of piperidine rings is 1. The Labute approximate surface area is 411 Å². The van der Waals surface area contributed by atoms with Gasteiger partial charge in [0, 0.05) is 45.0 Å². The van der Waals surface area contributed by atoms with Crippen LogP contribution in [-0.4, -0.2) is 134 Å². The highest BCUT2D eigenvalue weighted by molar-refractivity contribution is 5.88. The molecule has 0 spiro atoms. The van der Waals surface area contributed by atoms with E-state index in [0.29, 0.717) is 82.0 Å². The summed E-state index contributed by atoms with van der Waals surface area (Å²) in [5.74, 6) is -4.05. The van der Waals surface area contributed by atoms with Crippen molar-refractivity contribution >= 4 is 23.5 Å². The minimum atomic E-state index is -2.23. The molecule has 0 radical (unpaired) electrons. The Morgan fingerprint density at radius 1 is 0.870 bits per heavy atom. The van der Waals surface area contributed by atoms with Gasteiger partial charge in [-0.2, -0.15) is 0 Å². The third kappa shape index (κ3) is 15.3. The minimum Gasteiger partial charge on any atom is -0.461 e. The number of nitrogens with zero attached hydrogens (tertiary/aromatic N) is 3. The molecule has 386 valence electrons. The van der Waals surface area contributed by atoms with E-state index in [1.807, 2.05) is 64.2 Å². The van der Waals surface area contributed by atoms with Crippen molar-refractivity contribution in [1.29, 1.82) is 0 Å². The van der Waals surface area contributed by atoms with Crippen LogP contribution in [0.15, 0.2) is 66.2 Å². The van der Waals surface area contributed by atoms with Crippen molar-refractivity contribution in [3.63, 3.8) is 0 Å². The second kappa shape index (κ2) is 26.6. The Kier molecular flexibility index (Phi) is 21.6. The van der Waals surface area contributed by atoms with Crippen LogP contribution in [0.3, 0.4) is 0 Å². The number of Topliss-reactive ketones (excluding diaryl/α,β-unsaturated/α-hetero) is 1. The van der Waals surface area contributed by atoms with Crippen LogP contribution in [0.5, 0.6) is 0 Å². The van der Waals surface area contributed by atoms with Crippen LogP contribution in [0, 0.1) is 35.5 Å². The molecule has 1 aliphatic carbocycles. The van der Waals surface area contributed by atoms with Gasteiger partial charge in [0.2, 0.25) is 5.79 Å². The molecule has 1 amide bonds. The van der Waals surface area contributed by atoms with Gasteiger partial charge in [-0.3, -0.25) is 14.6 Å². The molecule has 3 fully saturated rings. The monoisotopic (exact) mass is 965 g/mol. The molecule has 1 aromatic rings. The van der Waals surface area contributed by atoms with Gasteiger partial charge in [0.05, 0.1) is 30.6 Å². The zero-order valence-electron chi connectivity index (χ0n) is 42.7. The van der Waals surface area contributed by atoms with E-state index < -0.39 is 66.2 Å². The summed E-state index contributed by atoms with van der Waals surface area (Å²) in [5, 5.41) is 49.7. The largest absolute Gasteiger partial charge is 0.461 e. The first-order chi connectivity index (χ1) is 32.9. The number of cyclic esters (lactones) is 1. The first kappa shape index (κ1) is 56.1. The third-order valence-corrected chi connectivity index (χ3v) is 15.3. The number of nitrogens with one attached hydrogen (secondary N) is 1. The molecule has 4 heterocycles. The van der Waals surface area contributed by atoms with E-state index in [-0.39, 0.29) is 54.1 Å². The number of fused-ring (bicyclic) bond motifs is 3. The number of ether oxygens (including phenoxy) is 4. The van der Waals surface area contributed by atoms with E-state index in [0.717, 1.165) is 18.4 Å². The summed E-state index contributed by atoms with van der Waals surface area (Å²) in [6.45, 7) is 13.8. The summed E-state index contributed by atoms with van der Waals surface area (Å²) in [7, 11) is 3.06. The number of carbonyl (C=O) groups is 3. The maximum atomic E-state index is 14.5. The van der Waals surface area contributed by atoms with E-state index in [9.17, 15) is 34.8 Å². The quantitative estimate of drug-likeness (QED) is 0.137. The predicted molar refractivity (Wildman–Crippen MR) is 264 cm³/mol. The van der Waals surface area contributed by atoms with Gasteiger partial charge >= 0.3 is 5.97 Å². The van der Waals surface area contributed by atoms with Crippen molar-refractivity contribution in [2.45, 2.75) is 193 Å². The fraction of sp³-hybridized carbons (Fsp3) is 0.722. The van der Waals surface area contributed by atoms with Gasteiger partial charge in [-0.05, 0) is 127 Å². The molecule has 4 aliphatic rings. The second-order valence-electron chi connectivity index (χ2n) is 20.9. The molecule has 1 aromatic heterocycles. The summed E-state index contributed by atoms with van der Waals surface area (Å²) >= 11 is 0.